The molecule has 3 aromatic carbocycles. The van der Waals surface area contributed by atoms with E-state index in [0.717, 1.165) is 43.9 Å². The van der Waals surface area contributed by atoms with Gasteiger partial charge in [-0.3, -0.25) is 0 Å². The summed E-state index contributed by atoms with van der Waals surface area (Å²) < 4.78 is 11.7. The largest absolute Gasteiger partial charge is 0.511 e. The number of carbonyl (C=O) groups excluding carboxylic acids is 1. The van der Waals surface area contributed by atoms with Crippen LogP contribution in [0.3, 0.4) is 0 Å². The number of hydrogen-bond acceptors (Lipinski definition) is 6. The van der Waals surface area contributed by atoms with Crippen LogP contribution in [-0.4, -0.2) is 37.4 Å². The highest BCUT2D eigenvalue weighted by Gasteiger charge is 2.43. The number of ether oxygens (including phenoxy) is 2. The van der Waals surface area contributed by atoms with Gasteiger partial charge in [0.25, 0.3) is 0 Å². The Labute approximate surface area is 216 Å². The predicted molar refractivity (Wildman–Crippen MR) is 144 cm³/mol. The van der Waals surface area contributed by atoms with Crippen molar-refractivity contribution in [1.29, 1.82) is 0 Å². The molecule has 0 radical (unpaired) electrons. The highest BCUT2D eigenvalue weighted by molar-refractivity contribution is 8.03. The Balaban J connectivity index is 1.36. The SMILES string of the molecule is O=C1OC(CCc2cccc(N3CCOCC3)c2)(c2ccccc2)CC(O)=C1SCc1ccccc1. The molecule has 0 amide bonds. The first-order chi connectivity index (χ1) is 17.6. The first-order valence-corrected chi connectivity index (χ1v) is 13.4. The monoisotopic (exact) mass is 501 g/mol. The number of morpholine rings is 1. The van der Waals surface area contributed by atoms with Crippen LogP contribution < -0.4 is 4.90 Å². The van der Waals surface area contributed by atoms with Gasteiger partial charge in [-0.25, -0.2) is 4.79 Å². The van der Waals surface area contributed by atoms with Crippen molar-refractivity contribution in [1.82, 2.24) is 0 Å². The van der Waals surface area contributed by atoms with Crippen molar-refractivity contribution in [3.05, 3.63) is 112 Å². The number of anilines is 1. The van der Waals surface area contributed by atoms with Crippen molar-refractivity contribution in [2.45, 2.75) is 30.6 Å². The fraction of sp³-hybridized carbons (Fsp3) is 0.300. The molecule has 6 heteroatoms. The van der Waals surface area contributed by atoms with Gasteiger partial charge in [-0.1, -0.05) is 72.8 Å². The lowest BCUT2D eigenvalue weighted by molar-refractivity contribution is -0.160. The minimum absolute atomic E-state index is 0.109. The van der Waals surface area contributed by atoms with Gasteiger partial charge in [0.05, 0.1) is 19.6 Å². The Morgan fingerprint density at radius 2 is 1.58 bits per heavy atom. The van der Waals surface area contributed by atoms with E-state index in [9.17, 15) is 9.90 Å². The summed E-state index contributed by atoms with van der Waals surface area (Å²) in [7, 11) is 0. The fourth-order valence-corrected chi connectivity index (χ4v) is 5.77. The first kappa shape index (κ1) is 24.5. The Hall–Kier alpha value is -3.22. The summed E-state index contributed by atoms with van der Waals surface area (Å²) in [6.45, 7) is 3.26. The molecule has 1 N–H and O–H groups in total. The van der Waals surface area contributed by atoms with Crippen LogP contribution in [0.4, 0.5) is 5.69 Å². The van der Waals surface area contributed by atoms with Crippen LogP contribution in [0, 0.1) is 0 Å². The van der Waals surface area contributed by atoms with Gasteiger partial charge in [0.2, 0.25) is 0 Å². The van der Waals surface area contributed by atoms with Gasteiger partial charge in [0.15, 0.2) is 0 Å². The van der Waals surface area contributed by atoms with Crippen LogP contribution in [0.25, 0.3) is 0 Å². The number of esters is 1. The molecule has 36 heavy (non-hydrogen) atoms. The van der Waals surface area contributed by atoms with Crippen LogP contribution in [0.15, 0.2) is 95.6 Å². The maximum Gasteiger partial charge on any atom is 0.348 e. The molecule has 5 nitrogen and oxygen atoms in total. The lowest BCUT2D eigenvalue weighted by atomic mass is 9.82. The zero-order valence-corrected chi connectivity index (χ0v) is 21.1. The summed E-state index contributed by atoms with van der Waals surface area (Å²) in [5.74, 6) is 0.255. The zero-order chi connectivity index (χ0) is 24.8. The summed E-state index contributed by atoms with van der Waals surface area (Å²) >= 11 is 1.33. The second-order valence-corrected chi connectivity index (χ2v) is 10.2. The summed E-state index contributed by atoms with van der Waals surface area (Å²) in [5, 5.41) is 11.1. The molecule has 2 heterocycles. The number of rotatable bonds is 8. The fourth-order valence-electron chi connectivity index (χ4n) is 4.86. The van der Waals surface area contributed by atoms with Gasteiger partial charge in [-0.2, -0.15) is 0 Å². The van der Waals surface area contributed by atoms with Gasteiger partial charge >= 0.3 is 5.97 Å². The number of aryl methyl sites for hydroxylation is 1. The van der Waals surface area contributed by atoms with Gasteiger partial charge in [0.1, 0.15) is 16.3 Å². The molecular formula is C30H31NO4S. The molecule has 3 aromatic rings. The number of hydrogen-bond donors (Lipinski definition) is 1. The van der Waals surface area contributed by atoms with Crippen LogP contribution in [-0.2, 0) is 32.0 Å². The van der Waals surface area contributed by atoms with Crippen molar-refractivity contribution >= 4 is 23.4 Å². The Bertz CT molecular complexity index is 1210. The normalized spacial score (nSPS) is 20.3. The standard InChI is InChI=1S/C30H31NO4S/c32-27-21-30(25-11-5-2-6-12-25,35-29(33)28(27)36-22-24-8-3-1-4-9-24)15-14-23-10-7-13-26(20-23)31-16-18-34-19-17-31/h1-13,20,32H,14-19,21-22H2. The Kier molecular flexibility index (Phi) is 7.63. The molecule has 0 saturated carbocycles. The predicted octanol–water partition coefficient (Wildman–Crippen LogP) is 6.00. The molecule has 0 aromatic heterocycles. The lowest BCUT2D eigenvalue weighted by Crippen LogP contribution is -2.38. The molecule has 0 spiro atoms. The maximum absolute atomic E-state index is 13.2. The summed E-state index contributed by atoms with van der Waals surface area (Å²) in [6.07, 6.45) is 1.57. The van der Waals surface area contributed by atoms with E-state index in [1.54, 1.807) is 0 Å². The topological polar surface area (TPSA) is 59.0 Å². The zero-order valence-electron chi connectivity index (χ0n) is 20.3. The van der Waals surface area contributed by atoms with Crippen LogP contribution in [0.5, 0.6) is 0 Å². The molecule has 2 aliphatic heterocycles. The van der Waals surface area contributed by atoms with E-state index in [2.05, 4.69) is 29.2 Å². The van der Waals surface area contributed by atoms with E-state index < -0.39 is 11.6 Å². The number of carbonyl (C=O) groups is 1. The second-order valence-electron chi connectivity index (χ2n) is 9.25. The molecule has 0 bridgehead atoms. The molecule has 1 atom stereocenters. The molecular weight excluding hydrogens is 470 g/mol. The summed E-state index contributed by atoms with van der Waals surface area (Å²) in [6, 6.07) is 28.3. The molecule has 0 aliphatic carbocycles. The lowest BCUT2D eigenvalue weighted by Gasteiger charge is -2.37. The third-order valence-electron chi connectivity index (χ3n) is 6.82. The van der Waals surface area contributed by atoms with Crippen molar-refractivity contribution in [3.8, 4) is 0 Å². The summed E-state index contributed by atoms with van der Waals surface area (Å²) in [5.41, 5.74) is 3.45. The van der Waals surface area contributed by atoms with Crippen molar-refractivity contribution in [3.63, 3.8) is 0 Å². The number of thioether (sulfide) groups is 1. The number of aliphatic hydroxyl groups excluding tert-OH is 1. The van der Waals surface area contributed by atoms with Crippen molar-refractivity contribution in [2.75, 3.05) is 31.2 Å². The second kappa shape index (κ2) is 11.2. The number of aliphatic hydroxyl groups is 1. The first-order valence-electron chi connectivity index (χ1n) is 12.4. The maximum atomic E-state index is 13.2. The average molecular weight is 502 g/mol. The minimum atomic E-state index is -0.909. The van der Waals surface area contributed by atoms with Crippen molar-refractivity contribution in [2.24, 2.45) is 0 Å². The van der Waals surface area contributed by atoms with E-state index in [-0.39, 0.29) is 12.2 Å². The van der Waals surface area contributed by atoms with E-state index >= 15 is 0 Å². The smallest absolute Gasteiger partial charge is 0.348 e. The van der Waals surface area contributed by atoms with E-state index in [0.29, 0.717) is 17.1 Å². The minimum Gasteiger partial charge on any atom is -0.511 e. The van der Waals surface area contributed by atoms with Gasteiger partial charge < -0.3 is 19.5 Å². The molecule has 1 saturated heterocycles. The molecule has 1 fully saturated rings. The third kappa shape index (κ3) is 5.61. The number of cyclic esters (lactones) is 1. The van der Waals surface area contributed by atoms with E-state index in [1.807, 2.05) is 60.7 Å². The molecule has 5 rings (SSSR count). The molecule has 1 unspecified atom stereocenters. The van der Waals surface area contributed by atoms with Gasteiger partial charge in [-0.05, 0) is 41.7 Å². The Morgan fingerprint density at radius 1 is 0.889 bits per heavy atom. The quantitative estimate of drug-likeness (QED) is 0.382. The van der Waals surface area contributed by atoms with Gasteiger partial charge in [-0.15, -0.1) is 11.8 Å². The molecule has 2 aliphatic rings. The number of nitrogens with zero attached hydrogens (tertiary/aromatic N) is 1. The summed E-state index contributed by atoms with van der Waals surface area (Å²) in [4.78, 5) is 15.9. The van der Waals surface area contributed by atoms with Crippen LogP contribution in [0.1, 0.15) is 29.5 Å². The van der Waals surface area contributed by atoms with E-state index in [1.165, 1.54) is 23.0 Å². The van der Waals surface area contributed by atoms with Gasteiger partial charge in [0, 0.05) is 24.5 Å². The Morgan fingerprint density at radius 3 is 2.31 bits per heavy atom. The van der Waals surface area contributed by atoms with Crippen LogP contribution in [0.2, 0.25) is 0 Å². The van der Waals surface area contributed by atoms with E-state index in [4.69, 9.17) is 9.47 Å². The number of benzene rings is 3. The third-order valence-corrected chi connectivity index (χ3v) is 7.99. The molecule has 186 valence electrons. The van der Waals surface area contributed by atoms with Crippen molar-refractivity contribution < 1.29 is 19.4 Å². The highest BCUT2D eigenvalue weighted by atomic mass is 32.2. The van der Waals surface area contributed by atoms with Crippen LogP contribution >= 0.6 is 11.8 Å². The highest BCUT2D eigenvalue weighted by Crippen LogP contribution is 2.44. The average Bonchev–Trinajstić information content (AvgIpc) is 2.93.